The zero-order valence-corrected chi connectivity index (χ0v) is 11.6. The van der Waals surface area contributed by atoms with Crippen LogP contribution in [0.25, 0.3) is 11.4 Å². The third-order valence-electron chi connectivity index (χ3n) is 2.95. The summed E-state index contributed by atoms with van der Waals surface area (Å²) in [5.41, 5.74) is -0.591. The second-order valence-corrected chi connectivity index (χ2v) is 4.71. The fourth-order valence-electron chi connectivity index (χ4n) is 1.75. The lowest BCUT2D eigenvalue weighted by Gasteiger charge is -2.21. The van der Waals surface area contributed by atoms with E-state index in [4.69, 9.17) is 4.74 Å². The van der Waals surface area contributed by atoms with Crippen LogP contribution in [0.3, 0.4) is 0 Å². The van der Waals surface area contributed by atoms with Gasteiger partial charge in [-0.15, -0.1) is 5.10 Å². The molecule has 1 N–H and O–H groups in total. The highest BCUT2D eigenvalue weighted by Gasteiger charge is 2.34. The molecule has 2 aromatic rings. The molecule has 0 atom stereocenters. The molecule has 7 heteroatoms. The van der Waals surface area contributed by atoms with Crippen LogP contribution in [0.15, 0.2) is 24.3 Å². The number of para-hydroxylation sites is 1. The van der Waals surface area contributed by atoms with Crippen LogP contribution >= 0.6 is 0 Å². The van der Waals surface area contributed by atoms with E-state index in [1.807, 2.05) is 19.1 Å². The van der Waals surface area contributed by atoms with Crippen molar-refractivity contribution in [1.29, 1.82) is 0 Å². The Morgan fingerprint density at radius 2 is 2.10 bits per heavy atom. The standard InChI is InChI=1S/C13H16N4O3/c1-4-20-10-8-6-5-7-9(10)11-14-15-16-17(11)13(2,3)12(18)19/h5-8H,4H2,1-3H3,(H,18,19). The van der Waals surface area contributed by atoms with Crippen LogP contribution < -0.4 is 4.74 Å². The molecule has 1 heterocycles. The molecule has 106 valence electrons. The second-order valence-electron chi connectivity index (χ2n) is 4.71. The van der Waals surface area contributed by atoms with Crippen molar-refractivity contribution in [2.75, 3.05) is 6.61 Å². The maximum Gasteiger partial charge on any atom is 0.331 e. The number of tetrazole rings is 1. The Bertz CT molecular complexity index is 622. The molecule has 0 amide bonds. The number of aliphatic carboxylic acids is 1. The molecule has 7 nitrogen and oxygen atoms in total. The Kier molecular flexibility index (Phi) is 3.69. The van der Waals surface area contributed by atoms with E-state index in [0.29, 0.717) is 23.7 Å². The first kappa shape index (κ1) is 14.0. The summed E-state index contributed by atoms with van der Waals surface area (Å²) in [5, 5.41) is 20.6. The summed E-state index contributed by atoms with van der Waals surface area (Å²) in [7, 11) is 0. The zero-order chi connectivity index (χ0) is 14.8. The molecule has 2 rings (SSSR count). The van der Waals surface area contributed by atoms with E-state index in [1.54, 1.807) is 26.0 Å². The molecular weight excluding hydrogens is 260 g/mol. The van der Waals surface area contributed by atoms with Crippen LogP contribution in [0.2, 0.25) is 0 Å². The molecule has 20 heavy (non-hydrogen) atoms. The molecule has 1 aromatic carbocycles. The highest BCUT2D eigenvalue weighted by molar-refractivity contribution is 5.77. The van der Waals surface area contributed by atoms with Gasteiger partial charge in [0.15, 0.2) is 11.4 Å². The average molecular weight is 276 g/mol. The lowest BCUT2D eigenvalue weighted by molar-refractivity contribution is -0.146. The van der Waals surface area contributed by atoms with Crippen molar-refractivity contribution in [3.05, 3.63) is 24.3 Å². The maximum absolute atomic E-state index is 11.4. The number of carboxylic acid groups (broad SMARTS) is 1. The lowest BCUT2D eigenvalue weighted by Crippen LogP contribution is -2.37. The number of benzene rings is 1. The van der Waals surface area contributed by atoms with Crippen LogP contribution in [0.1, 0.15) is 20.8 Å². The number of rotatable bonds is 5. The predicted molar refractivity (Wildman–Crippen MR) is 71.4 cm³/mol. The number of ether oxygens (including phenoxy) is 1. The second kappa shape index (κ2) is 5.28. The monoisotopic (exact) mass is 276 g/mol. The largest absolute Gasteiger partial charge is 0.493 e. The van der Waals surface area contributed by atoms with Crippen molar-refractivity contribution in [2.45, 2.75) is 26.3 Å². The van der Waals surface area contributed by atoms with Gasteiger partial charge in [0, 0.05) is 0 Å². The van der Waals surface area contributed by atoms with Gasteiger partial charge in [0.1, 0.15) is 5.75 Å². The Labute approximate surface area is 116 Å². The van der Waals surface area contributed by atoms with Crippen molar-refractivity contribution in [2.24, 2.45) is 0 Å². The van der Waals surface area contributed by atoms with Crippen LogP contribution in [-0.4, -0.2) is 37.9 Å². The van der Waals surface area contributed by atoms with E-state index >= 15 is 0 Å². The Hall–Kier alpha value is -2.44. The fraction of sp³-hybridized carbons (Fsp3) is 0.385. The fourth-order valence-corrected chi connectivity index (χ4v) is 1.75. The average Bonchev–Trinajstić information content (AvgIpc) is 2.89. The summed E-state index contributed by atoms with van der Waals surface area (Å²) in [6.07, 6.45) is 0. The minimum Gasteiger partial charge on any atom is -0.493 e. The molecule has 0 radical (unpaired) electrons. The first-order valence-electron chi connectivity index (χ1n) is 6.23. The summed E-state index contributed by atoms with van der Waals surface area (Å²) in [6.45, 7) is 5.46. The van der Waals surface area contributed by atoms with Crippen molar-refractivity contribution < 1.29 is 14.6 Å². The van der Waals surface area contributed by atoms with E-state index < -0.39 is 11.5 Å². The molecule has 0 spiro atoms. The van der Waals surface area contributed by atoms with Gasteiger partial charge in [-0.1, -0.05) is 12.1 Å². The predicted octanol–water partition coefficient (Wildman–Crippen LogP) is 1.56. The minimum absolute atomic E-state index is 0.362. The van der Waals surface area contributed by atoms with Crippen molar-refractivity contribution in [1.82, 2.24) is 20.2 Å². The number of nitrogens with zero attached hydrogens (tertiary/aromatic N) is 4. The van der Waals surface area contributed by atoms with Crippen molar-refractivity contribution >= 4 is 5.97 Å². The number of carboxylic acids is 1. The SMILES string of the molecule is CCOc1ccccc1-c1nnnn1C(C)(C)C(=O)O. The third-order valence-corrected chi connectivity index (χ3v) is 2.95. The Morgan fingerprint density at radius 3 is 2.75 bits per heavy atom. The molecular formula is C13H16N4O3. The lowest BCUT2D eigenvalue weighted by atomic mass is 10.1. The number of aromatic nitrogens is 4. The summed E-state index contributed by atoms with van der Waals surface area (Å²) in [6, 6.07) is 7.26. The van der Waals surface area contributed by atoms with Crippen molar-refractivity contribution in [3.8, 4) is 17.1 Å². The maximum atomic E-state index is 11.4. The molecule has 0 saturated carbocycles. The Morgan fingerprint density at radius 1 is 1.40 bits per heavy atom. The van der Waals surface area contributed by atoms with Crippen LogP contribution in [0.4, 0.5) is 0 Å². The number of hydrogen-bond acceptors (Lipinski definition) is 5. The van der Waals surface area contributed by atoms with Crippen molar-refractivity contribution in [3.63, 3.8) is 0 Å². The highest BCUT2D eigenvalue weighted by Crippen LogP contribution is 2.30. The molecule has 1 aromatic heterocycles. The van der Waals surface area contributed by atoms with Crippen LogP contribution in [-0.2, 0) is 10.3 Å². The molecule has 0 aliphatic carbocycles. The minimum atomic E-state index is -1.25. The Balaban J connectivity index is 2.56. The first-order valence-corrected chi connectivity index (χ1v) is 6.23. The van der Waals surface area contributed by atoms with Gasteiger partial charge in [-0.2, -0.15) is 0 Å². The van der Waals surface area contributed by atoms with E-state index in [2.05, 4.69) is 15.5 Å². The van der Waals surface area contributed by atoms with Gasteiger partial charge >= 0.3 is 5.97 Å². The molecule has 0 aliphatic rings. The number of carbonyl (C=O) groups is 1. The molecule has 0 bridgehead atoms. The summed E-state index contributed by atoms with van der Waals surface area (Å²) in [4.78, 5) is 11.4. The van der Waals surface area contributed by atoms with E-state index in [-0.39, 0.29) is 0 Å². The third kappa shape index (κ3) is 2.34. The van der Waals surface area contributed by atoms with Gasteiger partial charge in [0.25, 0.3) is 0 Å². The highest BCUT2D eigenvalue weighted by atomic mass is 16.5. The van der Waals surface area contributed by atoms with Gasteiger partial charge in [0.05, 0.1) is 12.2 Å². The van der Waals surface area contributed by atoms with Gasteiger partial charge < -0.3 is 9.84 Å². The van der Waals surface area contributed by atoms with Gasteiger partial charge in [-0.3, -0.25) is 0 Å². The molecule has 0 unspecified atom stereocenters. The van der Waals surface area contributed by atoms with Gasteiger partial charge in [-0.05, 0) is 43.3 Å². The van der Waals surface area contributed by atoms with Gasteiger partial charge in [-0.25, -0.2) is 9.48 Å². The van der Waals surface area contributed by atoms with Crippen LogP contribution in [0, 0.1) is 0 Å². The first-order chi connectivity index (χ1) is 9.48. The smallest absolute Gasteiger partial charge is 0.331 e. The molecule has 0 fully saturated rings. The van der Waals surface area contributed by atoms with Gasteiger partial charge in [0.2, 0.25) is 0 Å². The zero-order valence-electron chi connectivity index (χ0n) is 11.6. The summed E-state index contributed by atoms with van der Waals surface area (Å²) < 4.78 is 6.82. The van der Waals surface area contributed by atoms with E-state index in [0.717, 1.165) is 0 Å². The van der Waals surface area contributed by atoms with E-state index in [9.17, 15) is 9.90 Å². The van der Waals surface area contributed by atoms with E-state index in [1.165, 1.54) is 4.68 Å². The summed E-state index contributed by atoms with van der Waals surface area (Å²) >= 11 is 0. The van der Waals surface area contributed by atoms with Crippen LogP contribution in [0.5, 0.6) is 5.75 Å². The normalized spacial score (nSPS) is 11.3. The quantitative estimate of drug-likeness (QED) is 0.891. The topological polar surface area (TPSA) is 90.1 Å². The summed E-state index contributed by atoms with van der Waals surface area (Å²) in [5.74, 6) is -0.0337. The molecule has 0 aliphatic heterocycles. The number of hydrogen-bond donors (Lipinski definition) is 1. The molecule has 0 saturated heterocycles.